The van der Waals surface area contributed by atoms with Gasteiger partial charge in [0.25, 0.3) is 0 Å². The van der Waals surface area contributed by atoms with E-state index in [1.165, 1.54) is 31.1 Å². The lowest BCUT2D eigenvalue weighted by molar-refractivity contribution is -0.138. The monoisotopic (exact) mass is 280 g/mol. The maximum absolute atomic E-state index is 12.2. The topological polar surface area (TPSA) is 78.9 Å². The van der Waals surface area contributed by atoms with Gasteiger partial charge in [-0.2, -0.15) is 0 Å². The number of benzene rings is 1. The van der Waals surface area contributed by atoms with Gasteiger partial charge in [0, 0.05) is 28.1 Å². The summed E-state index contributed by atoms with van der Waals surface area (Å²) < 4.78 is 5.37. The highest BCUT2D eigenvalue weighted by molar-refractivity contribution is 5.87. The molecule has 6 nitrogen and oxygen atoms in total. The van der Waals surface area contributed by atoms with Crippen LogP contribution in [-0.2, 0) is 14.3 Å². The van der Waals surface area contributed by atoms with Crippen LogP contribution in [0.4, 0.5) is 0 Å². The molecule has 2 atom stereocenters. The second-order valence-corrected chi connectivity index (χ2v) is 4.66. The van der Waals surface area contributed by atoms with E-state index in [2.05, 4.69) is 5.32 Å². The number of phenolic OH excluding ortho intramolecular Hbond substituents is 1. The SMILES string of the molecule is CO[C@H](c1ccc(O)cc1)[C@@H](NC(C)=O)C(=O)N(C)C. The zero-order valence-corrected chi connectivity index (χ0v) is 12.1. The van der Waals surface area contributed by atoms with Crippen LogP contribution in [0.25, 0.3) is 0 Å². The van der Waals surface area contributed by atoms with Gasteiger partial charge in [-0.05, 0) is 17.7 Å². The number of aromatic hydroxyl groups is 1. The van der Waals surface area contributed by atoms with Gasteiger partial charge in [0.1, 0.15) is 17.9 Å². The third kappa shape index (κ3) is 3.96. The lowest BCUT2D eigenvalue weighted by Gasteiger charge is -2.28. The maximum Gasteiger partial charge on any atom is 0.247 e. The predicted molar refractivity (Wildman–Crippen MR) is 74.2 cm³/mol. The molecule has 0 aliphatic carbocycles. The van der Waals surface area contributed by atoms with E-state index in [1.54, 1.807) is 26.2 Å². The maximum atomic E-state index is 12.2. The molecule has 6 heteroatoms. The van der Waals surface area contributed by atoms with Crippen LogP contribution >= 0.6 is 0 Å². The first-order chi connectivity index (χ1) is 9.36. The summed E-state index contributed by atoms with van der Waals surface area (Å²) in [6.07, 6.45) is -0.630. The summed E-state index contributed by atoms with van der Waals surface area (Å²) in [4.78, 5) is 24.9. The van der Waals surface area contributed by atoms with Crippen LogP contribution < -0.4 is 5.32 Å². The largest absolute Gasteiger partial charge is 0.508 e. The molecule has 0 aliphatic rings. The first kappa shape index (κ1) is 16.0. The highest BCUT2D eigenvalue weighted by Crippen LogP contribution is 2.23. The van der Waals surface area contributed by atoms with Crippen LogP contribution in [0.15, 0.2) is 24.3 Å². The first-order valence-electron chi connectivity index (χ1n) is 6.16. The van der Waals surface area contributed by atoms with Gasteiger partial charge >= 0.3 is 0 Å². The van der Waals surface area contributed by atoms with E-state index in [1.807, 2.05) is 0 Å². The second-order valence-electron chi connectivity index (χ2n) is 4.66. The number of likely N-dealkylation sites (N-methyl/N-ethyl adjacent to an activating group) is 1. The molecule has 1 aromatic rings. The van der Waals surface area contributed by atoms with E-state index < -0.39 is 12.1 Å². The van der Waals surface area contributed by atoms with Crippen molar-refractivity contribution in [2.45, 2.75) is 19.1 Å². The number of amides is 2. The van der Waals surface area contributed by atoms with E-state index in [-0.39, 0.29) is 17.6 Å². The zero-order valence-electron chi connectivity index (χ0n) is 12.1. The van der Waals surface area contributed by atoms with Gasteiger partial charge in [-0.15, -0.1) is 0 Å². The predicted octanol–water partition coefficient (Wildman–Crippen LogP) is 0.673. The van der Waals surface area contributed by atoms with Crippen molar-refractivity contribution in [3.8, 4) is 5.75 Å². The summed E-state index contributed by atoms with van der Waals surface area (Å²) in [6.45, 7) is 1.35. The first-order valence-corrected chi connectivity index (χ1v) is 6.16. The van der Waals surface area contributed by atoms with E-state index in [0.717, 1.165) is 0 Å². The average Bonchev–Trinajstić information content (AvgIpc) is 2.39. The molecular formula is C14H20N2O4. The smallest absolute Gasteiger partial charge is 0.247 e. The van der Waals surface area contributed by atoms with Crippen LogP contribution in [0.1, 0.15) is 18.6 Å². The Hall–Kier alpha value is -2.08. The molecule has 0 radical (unpaired) electrons. The quantitative estimate of drug-likeness (QED) is 0.831. The van der Waals surface area contributed by atoms with Crippen molar-refractivity contribution in [2.24, 2.45) is 0 Å². The number of hydrogen-bond donors (Lipinski definition) is 2. The molecule has 0 fully saturated rings. The van der Waals surface area contributed by atoms with E-state index >= 15 is 0 Å². The highest BCUT2D eigenvalue weighted by atomic mass is 16.5. The minimum Gasteiger partial charge on any atom is -0.508 e. The van der Waals surface area contributed by atoms with Gasteiger partial charge < -0.3 is 20.1 Å². The number of carbonyl (C=O) groups excluding carboxylic acids is 2. The van der Waals surface area contributed by atoms with E-state index in [0.29, 0.717) is 5.56 Å². The molecule has 0 unspecified atom stereocenters. The van der Waals surface area contributed by atoms with Crippen LogP contribution in [0, 0.1) is 0 Å². The molecule has 0 saturated heterocycles. The normalized spacial score (nSPS) is 13.4. The molecule has 0 spiro atoms. The lowest BCUT2D eigenvalue weighted by Crippen LogP contribution is -2.49. The Balaban J connectivity index is 3.10. The number of carbonyl (C=O) groups is 2. The van der Waals surface area contributed by atoms with Crippen molar-refractivity contribution < 1.29 is 19.4 Å². The Bertz CT molecular complexity index is 471. The molecule has 0 bridgehead atoms. The molecule has 0 aliphatic heterocycles. The number of rotatable bonds is 5. The number of phenols is 1. The molecule has 1 rings (SSSR count). The second kappa shape index (κ2) is 6.91. The van der Waals surface area contributed by atoms with Crippen LogP contribution in [0.2, 0.25) is 0 Å². The molecule has 0 aromatic heterocycles. The molecule has 2 amide bonds. The molecule has 110 valence electrons. The number of methoxy groups -OCH3 is 1. The fourth-order valence-corrected chi connectivity index (χ4v) is 1.89. The van der Waals surface area contributed by atoms with Gasteiger partial charge in [0.15, 0.2) is 0 Å². The molecule has 1 aromatic carbocycles. The zero-order chi connectivity index (χ0) is 15.3. The van der Waals surface area contributed by atoms with Gasteiger partial charge in [-0.3, -0.25) is 9.59 Å². The van der Waals surface area contributed by atoms with Crippen molar-refractivity contribution in [3.05, 3.63) is 29.8 Å². The van der Waals surface area contributed by atoms with Crippen molar-refractivity contribution in [1.82, 2.24) is 10.2 Å². The Kier molecular flexibility index (Phi) is 5.52. The summed E-state index contributed by atoms with van der Waals surface area (Å²) in [5, 5.41) is 11.9. The Labute approximate surface area is 118 Å². The number of nitrogens with zero attached hydrogens (tertiary/aromatic N) is 1. The Morgan fingerprint density at radius 3 is 2.20 bits per heavy atom. The van der Waals surface area contributed by atoms with Gasteiger partial charge in [0.05, 0.1) is 0 Å². The standard InChI is InChI=1S/C14H20N2O4/c1-9(17)15-12(14(19)16(2)3)13(20-4)10-5-7-11(18)8-6-10/h5-8,12-13,18H,1-4H3,(H,15,17)/t12-,13-/m1/s1. The Morgan fingerprint density at radius 1 is 1.25 bits per heavy atom. The molecule has 0 heterocycles. The highest BCUT2D eigenvalue weighted by Gasteiger charge is 2.31. The van der Waals surface area contributed by atoms with Gasteiger partial charge in [-0.1, -0.05) is 12.1 Å². The fourth-order valence-electron chi connectivity index (χ4n) is 1.89. The van der Waals surface area contributed by atoms with Crippen LogP contribution in [0.3, 0.4) is 0 Å². The fraction of sp³-hybridized carbons (Fsp3) is 0.429. The summed E-state index contributed by atoms with van der Waals surface area (Å²) in [5.74, 6) is -0.454. The van der Waals surface area contributed by atoms with Gasteiger partial charge in [0.2, 0.25) is 11.8 Å². The Morgan fingerprint density at radius 2 is 1.80 bits per heavy atom. The van der Waals surface area contributed by atoms with Crippen molar-refractivity contribution in [3.63, 3.8) is 0 Å². The van der Waals surface area contributed by atoms with Crippen LogP contribution in [-0.4, -0.2) is 49.1 Å². The lowest BCUT2D eigenvalue weighted by atomic mass is 10.0. The minimum absolute atomic E-state index is 0.124. The number of hydrogen-bond acceptors (Lipinski definition) is 4. The van der Waals surface area contributed by atoms with Crippen molar-refractivity contribution in [1.29, 1.82) is 0 Å². The van der Waals surface area contributed by atoms with Crippen molar-refractivity contribution >= 4 is 11.8 Å². The number of nitrogens with one attached hydrogen (secondary N) is 1. The average molecular weight is 280 g/mol. The molecule has 20 heavy (non-hydrogen) atoms. The summed E-state index contributed by atoms with van der Waals surface area (Å²) in [6, 6.07) is 5.50. The third-order valence-corrected chi connectivity index (χ3v) is 2.84. The molecule has 2 N–H and O–H groups in total. The third-order valence-electron chi connectivity index (χ3n) is 2.84. The van der Waals surface area contributed by atoms with Gasteiger partial charge in [-0.25, -0.2) is 0 Å². The number of ether oxygens (including phenoxy) is 1. The van der Waals surface area contributed by atoms with Crippen LogP contribution in [0.5, 0.6) is 5.75 Å². The van der Waals surface area contributed by atoms with E-state index in [4.69, 9.17) is 4.74 Å². The summed E-state index contributed by atoms with van der Waals surface area (Å²) in [7, 11) is 4.69. The van der Waals surface area contributed by atoms with Crippen molar-refractivity contribution in [2.75, 3.05) is 21.2 Å². The minimum atomic E-state index is -0.822. The summed E-state index contributed by atoms with van der Waals surface area (Å²) >= 11 is 0. The van der Waals surface area contributed by atoms with E-state index in [9.17, 15) is 14.7 Å². The molecule has 0 saturated carbocycles. The molecular weight excluding hydrogens is 260 g/mol. The summed E-state index contributed by atoms with van der Waals surface area (Å²) in [5.41, 5.74) is 0.694.